The molecule has 0 radical (unpaired) electrons. The molecule has 1 aliphatic heterocycles. The highest BCUT2D eigenvalue weighted by Crippen LogP contribution is 2.12. The average Bonchev–Trinajstić information content (AvgIpc) is 2.54. The van der Waals surface area contributed by atoms with Gasteiger partial charge in [0.25, 0.3) is 10.2 Å². The van der Waals surface area contributed by atoms with Gasteiger partial charge in [0.05, 0.1) is 6.54 Å². The molecule has 1 fully saturated rings. The molecule has 0 aromatic heterocycles. The van der Waals surface area contributed by atoms with E-state index in [-0.39, 0.29) is 18.2 Å². The first-order chi connectivity index (χ1) is 7.93. The molecule has 1 aliphatic rings. The molecule has 0 spiro atoms. The van der Waals surface area contributed by atoms with Crippen LogP contribution in [0.1, 0.15) is 39.5 Å². The van der Waals surface area contributed by atoms with Crippen LogP contribution in [-0.4, -0.2) is 38.1 Å². The van der Waals surface area contributed by atoms with Gasteiger partial charge in [-0.25, -0.2) is 0 Å². The summed E-state index contributed by atoms with van der Waals surface area (Å²) in [6.07, 6.45) is 3.96. The highest BCUT2D eigenvalue weighted by Gasteiger charge is 2.23. The zero-order valence-corrected chi connectivity index (χ0v) is 11.4. The molecular weight excluding hydrogens is 240 g/mol. The Kier molecular flexibility index (Phi) is 5.55. The lowest BCUT2D eigenvalue weighted by Gasteiger charge is -2.20. The van der Waals surface area contributed by atoms with Crippen molar-refractivity contribution >= 4 is 16.0 Å². The van der Waals surface area contributed by atoms with Gasteiger partial charge in [-0.1, -0.05) is 26.7 Å². The van der Waals surface area contributed by atoms with E-state index in [2.05, 4.69) is 4.72 Å². The van der Waals surface area contributed by atoms with Crippen LogP contribution < -0.4 is 4.72 Å². The number of Topliss-reactive ketones (excluding diaryl/α,β-unsaturated/α-hetero) is 1. The Morgan fingerprint density at radius 1 is 1.18 bits per heavy atom. The first-order valence-corrected chi connectivity index (χ1v) is 7.65. The zero-order chi connectivity index (χ0) is 12.9. The summed E-state index contributed by atoms with van der Waals surface area (Å²) < 4.78 is 27.7. The molecule has 0 aliphatic carbocycles. The number of hydrogen-bond acceptors (Lipinski definition) is 3. The van der Waals surface area contributed by atoms with Crippen LogP contribution in [0.3, 0.4) is 0 Å². The largest absolute Gasteiger partial charge is 0.298 e. The fraction of sp³-hybridized carbons (Fsp3) is 0.909. The van der Waals surface area contributed by atoms with Crippen molar-refractivity contribution in [3.05, 3.63) is 0 Å². The predicted molar refractivity (Wildman–Crippen MR) is 66.8 cm³/mol. The van der Waals surface area contributed by atoms with Crippen molar-refractivity contribution in [3.8, 4) is 0 Å². The number of carbonyl (C=O) groups excluding carboxylic acids is 1. The fourth-order valence-corrected chi connectivity index (χ4v) is 2.99. The highest BCUT2D eigenvalue weighted by atomic mass is 32.2. The number of hydrogen-bond donors (Lipinski definition) is 1. The van der Waals surface area contributed by atoms with E-state index in [1.807, 2.05) is 0 Å². The summed E-state index contributed by atoms with van der Waals surface area (Å²) in [5, 5.41) is 0. The molecule has 6 heteroatoms. The molecule has 0 aromatic rings. The van der Waals surface area contributed by atoms with Crippen molar-refractivity contribution in [2.24, 2.45) is 5.92 Å². The maximum Gasteiger partial charge on any atom is 0.279 e. The maximum absolute atomic E-state index is 11.9. The lowest BCUT2D eigenvalue weighted by molar-refractivity contribution is -0.120. The normalized spacial score (nSPS) is 19.2. The summed E-state index contributed by atoms with van der Waals surface area (Å²) in [4.78, 5) is 11.4. The highest BCUT2D eigenvalue weighted by molar-refractivity contribution is 7.87. The number of nitrogens with one attached hydrogen (secondary N) is 1. The molecule has 0 amide bonds. The molecule has 0 atom stereocenters. The molecule has 1 saturated heterocycles. The Hall–Kier alpha value is -0.460. The molecule has 5 nitrogen and oxygen atoms in total. The van der Waals surface area contributed by atoms with Crippen molar-refractivity contribution in [1.82, 2.24) is 9.03 Å². The maximum atomic E-state index is 11.9. The van der Waals surface area contributed by atoms with Crippen LogP contribution in [-0.2, 0) is 15.0 Å². The van der Waals surface area contributed by atoms with E-state index in [1.54, 1.807) is 13.8 Å². The summed E-state index contributed by atoms with van der Waals surface area (Å²) in [5.74, 6) is -0.217. The van der Waals surface area contributed by atoms with Crippen molar-refractivity contribution in [2.75, 3.05) is 19.6 Å². The first kappa shape index (κ1) is 14.6. The third-order valence-electron chi connectivity index (χ3n) is 2.98. The predicted octanol–water partition coefficient (Wildman–Crippen LogP) is 0.922. The molecule has 1 heterocycles. The van der Waals surface area contributed by atoms with Crippen molar-refractivity contribution in [3.63, 3.8) is 0 Å². The summed E-state index contributed by atoms with van der Waals surface area (Å²) in [6.45, 7) is 4.55. The van der Waals surface area contributed by atoms with Gasteiger partial charge in [-0.2, -0.15) is 17.4 Å². The van der Waals surface area contributed by atoms with E-state index >= 15 is 0 Å². The second-order valence-corrected chi connectivity index (χ2v) is 6.52. The minimum Gasteiger partial charge on any atom is -0.298 e. The molecule has 0 aromatic carbocycles. The van der Waals surface area contributed by atoms with Gasteiger partial charge in [0.15, 0.2) is 0 Å². The van der Waals surface area contributed by atoms with Crippen molar-refractivity contribution in [2.45, 2.75) is 39.5 Å². The van der Waals surface area contributed by atoms with Gasteiger partial charge in [-0.05, 0) is 12.8 Å². The van der Waals surface area contributed by atoms with E-state index in [9.17, 15) is 13.2 Å². The van der Waals surface area contributed by atoms with Crippen LogP contribution in [0.4, 0.5) is 0 Å². The number of nitrogens with zero attached hydrogens (tertiary/aromatic N) is 1. The third kappa shape index (κ3) is 4.73. The second-order valence-electron chi connectivity index (χ2n) is 4.76. The standard InChI is InChI=1S/C11H22N2O3S/c1-10(2)11(14)9-12-17(15,16)13-7-5-3-4-6-8-13/h10,12H,3-9H2,1-2H3. The van der Waals surface area contributed by atoms with Gasteiger partial charge in [0.2, 0.25) is 0 Å². The van der Waals surface area contributed by atoms with Gasteiger partial charge in [-0.15, -0.1) is 0 Å². The summed E-state index contributed by atoms with van der Waals surface area (Å²) in [5.41, 5.74) is 0. The van der Waals surface area contributed by atoms with E-state index in [1.165, 1.54) is 4.31 Å². The van der Waals surface area contributed by atoms with Gasteiger partial charge in [-0.3, -0.25) is 4.79 Å². The van der Waals surface area contributed by atoms with Gasteiger partial charge < -0.3 is 0 Å². The lowest BCUT2D eigenvalue weighted by atomic mass is 10.1. The quantitative estimate of drug-likeness (QED) is 0.801. The second kappa shape index (κ2) is 6.47. The van der Waals surface area contributed by atoms with E-state index in [4.69, 9.17) is 0 Å². The number of ketones is 1. The van der Waals surface area contributed by atoms with E-state index < -0.39 is 10.2 Å². The minimum atomic E-state index is -3.47. The SMILES string of the molecule is CC(C)C(=O)CNS(=O)(=O)N1CCCCCC1. The molecule has 17 heavy (non-hydrogen) atoms. The first-order valence-electron chi connectivity index (χ1n) is 6.21. The number of rotatable bonds is 5. The Bertz CT molecular complexity index is 344. The molecule has 1 N–H and O–H groups in total. The molecule has 0 unspecified atom stereocenters. The van der Waals surface area contributed by atoms with Crippen molar-refractivity contribution in [1.29, 1.82) is 0 Å². The third-order valence-corrected chi connectivity index (χ3v) is 4.53. The van der Waals surface area contributed by atoms with Gasteiger partial charge in [0, 0.05) is 19.0 Å². The smallest absolute Gasteiger partial charge is 0.279 e. The summed E-state index contributed by atoms with van der Waals surface area (Å²) in [6, 6.07) is 0. The monoisotopic (exact) mass is 262 g/mol. The van der Waals surface area contributed by atoms with Gasteiger partial charge >= 0.3 is 0 Å². The van der Waals surface area contributed by atoms with Crippen molar-refractivity contribution < 1.29 is 13.2 Å². The minimum absolute atomic E-state index is 0.0802. The summed E-state index contributed by atoms with van der Waals surface area (Å²) in [7, 11) is -3.47. The zero-order valence-electron chi connectivity index (χ0n) is 10.6. The fourth-order valence-electron chi connectivity index (χ4n) is 1.74. The van der Waals surface area contributed by atoms with Crippen LogP contribution in [0, 0.1) is 5.92 Å². The molecule has 100 valence electrons. The van der Waals surface area contributed by atoms with Gasteiger partial charge in [0.1, 0.15) is 5.78 Å². The van der Waals surface area contributed by atoms with Crippen LogP contribution >= 0.6 is 0 Å². The Morgan fingerprint density at radius 2 is 1.71 bits per heavy atom. The van der Waals surface area contributed by atoms with Crippen LogP contribution in [0.25, 0.3) is 0 Å². The number of carbonyl (C=O) groups is 1. The average molecular weight is 262 g/mol. The Morgan fingerprint density at radius 3 is 2.18 bits per heavy atom. The van der Waals surface area contributed by atoms with E-state index in [0.29, 0.717) is 13.1 Å². The lowest BCUT2D eigenvalue weighted by Crippen LogP contribution is -2.43. The summed E-state index contributed by atoms with van der Waals surface area (Å²) >= 11 is 0. The van der Waals surface area contributed by atoms with Crippen LogP contribution in [0.15, 0.2) is 0 Å². The van der Waals surface area contributed by atoms with Crippen LogP contribution in [0.2, 0.25) is 0 Å². The topological polar surface area (TPSA) is 66.5 Å². The molecule has 0 bridgehead atoms. The Labute approximate surface area is 104 Å². The van der Waals surface area contributed by atoms with Crippen LogP contribution in [0.5, 0.6) is 0 Å². The molecule has 1 rings (SSSR count). The Balaban J connectivity index is 2.52. The molecular formula is C11H22N2O3S. The van der Waals surface area contributed by atoms with E-state index in [0.717, 1.165) is 25.7 Å². The molecule has 0 saturated carbocycles.